The lowest BCUT2D eigenvalue weighted by molar-refractivity contribution is -0.115. The maximum atomic E-state index is 12.4. The molecule has 0 spiro atoms. The normalized spacial score (nSPS) is 14.7. The molecule has 120 valence electrons. The summed E-state index contributed by atoms with van der Waals surface area (Å²) in [6, 6.07) is 8.32. The van der Waals surface area contributed by atoms with Gasteiger partial charge < -0.3 is 5.32 Å². The van der Waals surface area contributed by atoms with E-state index in [-0.39, 0.29) is 17.3 Å². The minimum Gasteiger partial charge on any atom is -0.325 e. The molecular weight excluding hydrogens is 334 g/mol. The van der Waals surface area contributed by atoms with E-state index in [1.807, 2.05) is 0 Å². The molecule has 2 aromatic rings. The Balaban J connectivity index is 1.81. The van der Waals surface area contributed by atoms with Gasteiger partial charge in [-0.05, 0) is 29.8 Å². The standard InChI is InChI=1S/C15H15N3O3S2/c19-15-5-7-22-14-4-3-12(8-13(14)18-15)23(20,21)17-10-11-2-1-6-16-9-11/h1-4,6,8-9,17H,5,7,10H2,(H,18,19). The van der Waals surface area contributed by atoms with Crippen molar-refractivity contribution in [3.8, 4) is 0 Å². The number of nitrogens with one attached hydrogen (secondary N) is 2. The highest BCUT2D eigenvalue weighted by Crippen LogP contribution is 2.32. The van der Waals surface area contributed by atoms with Crippen molar-refractivity contribution in [3.05, 3.63) is 48.3 Å². The van der Waals surface area contributed by atoms with Crippen molar-refractivity contribution in [1.29, 1.82) is 0 Å². The van der Waals surface area contributed by atoms with E-state index in [2.05, 4.69) is 15.0 Å². The third-order valence-corrected chi connectivity index (χ3v) is 5.79. The Kier molecular flexibility index (Phi) is 4.65. The van der Waals surface area contributed by atoms with E-state index in [0.717, 1.165) is 10.5 Å². The van der Waals surface area contributed by atoms with Crippen molar-refractivity contribution in [1.82, 2.24) is 9.71 Å². The van der Waals surface area contributed by atoms with Crippen molar-refractivity contribution in [2.75, 3.05) is 11.1 Å². The molecule has 1 aromatic heterocycles. The van der Waals surface area contributed by atoms with Crippen LogP contribution < -0.4 is 10.0 Å². The van der Waals surface area contributed by atoms with Crippen molar-refractivity contribution >= 4 is 33.4 Å². The molecular formula is C15H15N3O3S2. The van der Waals surface area contributed by atoms with Crippen LogP contribution >= 0.6 is 11.8 Å². The van der Waals surface area contributed by atoms with Gasteiger partial charge in [-0.15, -0.1) is 11.8 Å². The number of thioether (sulfide) groups is 1. The van der Waals surface area contributed by atoms with E-state index < -0.39 is 10.0 Å². The first-order valence-corrected chi connectivity index (χ1v) is 9.47. The SMILES string of the molecule is O=C1CCSc2ccc(S(=O)(=O)NCc3cccnc3)cc2N1. The lowest BCUT2D eigenvalue weighted by Crippen LogP contribution is -2.23. The third-order valence-electron chi connectivity index (χ3n) is 3.31. The lowest BCUT2D eigenvalue weighted by Gasteiger charge is -2.10. The number of carbonyl (C=O) groups excluding carboxylic acids is 1. The first-order chi connectivity index (χ1) is 11.0. The molecule has 0 atom stereocenters. The highest BCUT2D eigenvalue weighted by molar-refractivity contribution is 7.99. The fourth-order valence-corrected chi connectivity index (χ4v) is 4.11. The van der Waals surface area contributed by atoms with Crippen LogP contribution in [0.25, 0.3) is 0 Å². The predicted molar refractivity (Wildman–Crippen MR) is 88.7 cm³/mol. The second-order valence-electron chi connectivity index (χ2n) is 4.99. The molecule has 0 fully saturated rings. The molecule has 3 rings (SSSR count). The number of nitrogens with zero attached hydrogens (tertiary/aromatic N) is 1. The number of anilines is 1. The van der Waals surface area contributed by atoms with Crippen LogP contribution in [0.5, 0.6) is 0 Å². The van der Waals surface area contributed by atoms with Crippen molar-refractivity contribution in [2.24, 2.45) is 0 Å². The molecule has 0 saturated heterocycles. The fraction of sp³-hybridized carbons (Fsp3) is 0.200. The Morgan fingerprint density at radius 2 is 2.17 bits per heavy atom. The number of aromatic nitrogens is 1. The summed E-state index contributed by atoms with van der Waals surface area (Å²) >= 11 is 1.54. The fourth-order valence-electron chi connectivity index (χ4n) is 2.13. The first kappa shape index (κ1) is 16.0. The van der Waals surface area contributed by atoms with E-state index in [0.29, 0.717) is 17.9 Å². The smallest absolute Gasteiger partial charge is 0.240 e. The maximum absolute atomic E-state index is 12.4. The summed E-state index contributed by atoms with van der Waals surface area (Å²) in [4.78, 5) is 16.6. The molecule has 1 aliphatic heterocycles. The molecule has 8 heteroatoms. The summed E-state index contributed by atoms with van der Waals surface area (Å²) < 4.78 is 27.4. The molecule has 0 saturated carbocycles. The zero-order valence-electron chi connectivity index (χ0n) is 12.2. The van der Waals surface area contributed by atoms with Gasteiger partial charge in [0.1, 0.15) is 0 Å². The lowest BCUT2D eigenvalue weighted by atomic mass is 10.3. The Morgan fingerprint density at radius 1 is 1.30 bits per heavy atom. The summed E-state index contributed by atoms with van der Waals surface area (Å²) in [6.45, 7) is 0.161. The zero-order valence-corrected chi connectivity index (χ0v) is 13.8. The van der Waals surface area contributed by atoms with Crippen LogP contribution in [-0.2, 0) is 21.4 Å². The van der Waals surface area contributed by atoms with Gasteiger partial charge in [-0.1, -0.05) is 6.07 Å². The molecule has 1 aliphatic rings. The van der Waals surface area contributed by atoms with Crippen LogP contribution in [0, 0.1) is 0 Å². The molecule has 0 bridgehead atoms. The topological polar surface area (TPSA) is 88.2 Å². The van der Waals surface area contributed by atoms with Crippen LogP contribution in [0.3, 0.4) is 0 Å². The number of benzene rings is 1. The molecule has 2 N–H and O–H groups in total. The number of amides is 1. The monoisotopic (exact) mass is 349 g/mol. The number of rotatable bonds is 4. The van der Waals surface area contributed by atoms with Crippen molar-refractivity contribution in [2.45, 2.75) is 22.8 Å². The second-order valence-corrected chi connectivity index (χ2v) is 7.89. The molecule has 23 heavy (non-hydrogen) atoms. The number of carbonyl (C=O) groups is 1. The van der Waals surface area contributed by atoms with Crippen LogP contribution in [0.15, 0.2) is 52.5 Å². The number of hydrogen-bond acceptors (Lipinski definition) is 5. The van der Waals surface area contributed by atoms with Gasteiger partial charge in [0, 0.05) is 36.0 Å². The minimum absolute atomic E-state index is 0.103. The molecule has 1 amide bonds. The van der Waals surface area contributed by atoms with E-state index in [9.17, 15) is 13.2 Å². The Bertz CT molecular complexity index is 823. The van der Waals surface area contributed by atoms with Crippen molar-refractivity contribution < 1.29 is 13.2 Å². The average molecular weight is 349 g/mol. The van der Waals surface area contributed by atoms with E-state index in [4.69, 9.17) is 0 Å². The Labute approximate surface area is 138 Å². The quantitative estimate of drug-likeness (QED) is 0.881. The second kappa shape index (κ2) is 6.69. The molecule has 0 unspecified atom stereocenters. The maximum Gasteiger partial charge on any atom is 0.240 e. The summed E-state index contributed by atoms with van der Waals surface area (Å²) in [6.07, 6.45) is 3.65. The van der Waals surface area contributed by atoms with Crippen molar-refractivity contribution in [3.63, 3.8) is 0 Å². The number of pyridine rings is 1. The van der Waals surface area contributed by atoms with Crippen LogP contribution in [0.1, 0.15) is 12.0 Å². The summed E-state index contributed by atoms with van der Waals surface area (Å²) in [5.41, 5.74) is 1.32. The third kappa shape index (κ3) is 3.90. The average Bonchev–Trinajstić information content (AvgIpc) is 2.74. The van der Waals surface area contributed by atoms with Crippen LogP contribution in [0.2, 0.25) is 0 Å². The summed E-state index contributed by atoms with van der Waals surface area (Å²) in [5, 5.41) is 2.75. The van der Waals surface area contributed by atoms with Gasteiger partial charge in [0.2, 0.25) is 15.9 Å². The molecule has 6 nitrogen and oxygen atoms in total. The van der Waals surface area contributed by atoms with Crippen LogP contribution in [0.4, 0.5) is 5.69 Å². The van der Waals surface area contributed by atoms with E-state index in [1.54, 1.807) is 36.7 Å². The number of sulfonamides is 1. The molecule has 0 radical (unpaired) electrons. The minimum atomic E-state index is -3.66. The van der Waals surface area contributed by atoms with E-state index in [1.165, 1.54) is 17.8 Å². The van der Waals surface area contributed by atoms with Gasteiger partial charge >= 0.3 is 0 Å². The highest BCUT2D eigenvalue weighted by atomic mass is 32.2. The summed E-state index contributed by atoms with van der Waals surface area (Å²) in [5.74, 6) is 0.582. The molecule has 0 aliphatic carbocycles. The molecule has 1 aromatic carbocycles. The van der Waals surface area contributed by atoms with Gasteiger partial charge in [-0.25, -0.2) is 13.1 Å². The largest absolute Gasteiger partial charge is 0.325 e. The van der Waals surface area contributed by atoms with E-state index >= 15 is 0 Å². The Hall–Kier alpha value is -1.90. The first-order valence-electron chi connectivity index (χ1n) is 7.00. The van der Waals surface area contributed by atoms with Gasteiger partial charge in [0.15, 0.2) is 0 Å². The molecule has 2 heterocycles. The van der Waals surface area contributed by atoms with Gasteiger partial charge in [0.05, 0.1) is 10.6 Å². The van der Waals surface area contributed by atoms with Gasteiger partial charge in [0.25, 0.3) is 0 Å². The predicted octanol–water partition coefficient (Wildman–Crippen LogP) is 1.99. The van der Waals surface area contributed by atoms with Crippen LogP contribution in [-0.4, -0.2) is 25.1 Å². The summed E-state index contributed by atoms with van der Waals surface area (Å²) in [7, 11) is -3.66. The number of fused-ring (bicyclic) bond motifs is 1. The Morgan fingerprint density at radius 3 is 2.96 bits per heavy atom. The highest BCUT2D eigenvalue weighted by Gasteiger charge is 2.19. The zero-order chi connectivity index (χ0) is 16.3. The number of hydrogen-bond donors (Lipinski definition) is 2. The van der Waals surface area contributed by atoms with Gasteiger partial charge in [-0.2, -0.15) is 0 Å². The van der Waals surface area contributed by atoms with Gasteiger partial charge in [-0.3, -0.25) is 9.78 Å².